The summed E-state index contributed by atoms with van der Waals surface area (Å²) in [4.78, 5) is 12.2. The number of rotatable bonds is 3. The zero-order chi connectivity index (χ0) is 17.2. The third-order valence-electron chi connectivity index (χ3n) is 5.44. The van der Waals surface area contributed by atoms with E-state index in [1.807, 2.05) is 12.1 Å². The number of amides is 1. The monoisotopic (exact) mass is 336 g/mol. The fourth-order valence-electron chi connectivity index (χ4n) is 4.07. The lowest BCUT2D eigenvalue weighted by atomic mass is 9.92. The summed E-state index contributed by atoms with van der Waals surface area (Å²) in [6.45, 7) is 0.367. The largest absolute Gasteiger partial charge is 0.449 e. The highest BCUT2D eigenvalue weighted by atomic mass is 16.5. The fraction of sp³-hybridized carbons (Fsp3) is 0.381. The molecule has 2 aliphatic rings. The number of alkyl carbamates (subject to hydrolysis) is 1. The maximum Gasteiger partial charge on any atom is 0.407 e. The van der Waals surface area contributed by atoms with Crippen molar-refractivity contribution in [3.8, 4) is 11.1 Å². The van der Waals surface area contributed by atoms with Gasteiger partial charge in [0.2, 0.25) is 0 Å². The van der Waals surface area contributed by atoms with Gasteiger partial charge in [-0.1, -0.05) is 48.5 Å². The molecule has 1 fully saturated rings. The van der Waals surface area contributed by atoms with Crippen LogP contribution in [0.25, 0.3) is 11.1 Å². The molecule has 2 aromatic carbocycles. The van der Waals surface area contributed by atoms with Gasteiger partial charge in [-0.15, -0.1) is 0 Å². The third kappa shape index (κ3) is 3.27. The quantitative estimate of drug-likeness (QED) is 0.896. The summed E-state index contributed by atoms with van der Waals surface area (Å²) in [6.07, 6.45) is 3.49. The van der Waals surface area contributed by atoms with Gasteiger partial charge in [-0.05, 0) is 47.9 Å². The fourth-order valence-corrected chi connectivity index (χ4v) is 4.07. The Bertz CT molecular complexity index is 720. The van der Waals surface area contributed by atoms with E-state index in [9.17, 15) is 4.79 Å². The van der Waals surface area contributed by atoms with Crippen molar-refractivity contribution in [1.29, 1.82) is 0 Å². The number of hydrogen-bond donors (Lipinski definition) is 2. The number of ether oxygens (including phenoxy) is 1. The molecular formula is C21H24N2O2. The molecule has 1 amide bonds. The van der Waals surface area contributed by atoms with Crippen LogP contribution < -0.4 is 11.1 Å². The van der Waals surface area contributed by atoms with Gasteiger partial charge in [0.25, 0.3) is 0 Å². The number of carbonyl (C=O) groups excluding carboxylic acids is 1. The molecule has 2 aromatic rings. The normalized spacial score (nSPS) is 22.1. The van der Waals surface area contributed by atoms with Crippen LogP contribution in [0.1, 0.15) is 42.7 Å². The van der Waals surface area contributed by atoms with Gasteiger partial charge in [0, 0.05) is 18.0 Å². The molecule has 4 nitrogen and oxygen atoms in total. The van der Waals surface area contributed by atoms with Crippen molar-refractivity contribution in [1.82, 2.24) is 5.32 Å². The molecule has 0 unspecified atom stereocenters. The molecule has 0 bridgehead atoms. The van der Waals surface area contributed by atoms with Gasteiger partial charge in [-0.25, -0.2) is 4.79 Å². The van der Waals surface area contributed by atoms with E-state index >= 15 is 0 Å². The Hall–Kier alpha value is -2.33. The Kier molecular flexibility index (Phi) is 4.45. The van der Waals surface area contributed by atoms with Crippen LogP contribution in [0.3, 0.4) is 0 Å². The number of nitrogens with two attached hydrogens (primary N) is 1. The first kappa shape index (κ1) is 16.2. The van der Waals surface area contributed by atoms with Gasteiger partial charge in [0.1, 0.15) is 6.61 Å². The van der Waals surface area contributed by atoms with Crippen molar-refractivity contribution in [3.63, 3.8) is 0 Å². The average molecular weight is 336 g/mol. The van der Waals surface area contributed by atoms with Crippen molar-refractivity contribution >= 4 is 6.09 Å². The van der Waals surface area contributed by atoms with E-state index in [-0.39, 0.29) is 24.1 Å². The number of hydrogen-bond acceptors (Lipinski definition) is 3. The zero-order valence-electron chi connectivity index (χ0n) is 14.3. The van der Waals surface area contributed by atoms with Crippen LogP contribution in [0.2, 0.25) is 0 Å². The van der Waals surface area contributed by atoms with Crippen molar-refractivity contribution < 1.29 is 9.53 Å². The van der Waals surface area contributed by atoms with Gasteiger partial charge in [-0.2, -0.15) is 0 Å². The highest BCUT2D eigenvalue weighted by Gasteiger charge is 2.29. The molecule has 25 heavy (non-hydrogen) atoms. The van der Waals surface area contributed by atoms with E-state index in [0.29, 0.717) is 6.61 Å². The lowest BCUT2D eigenvalue weighted by molar-refractivity contribution is 0.136. The average Bonchev–Trinajstić information content (AvgIpc) is 2.96. The molecule has 130 valence electrons. The van der Waals surface area contributed by atoms with E-state index in [1.165, 1.54) is 22.3 Å². The topological polar surface area (TPSA) is 64.3 Å². The minimum atomic E-state index is -0.317. The van der Waals surface area contributed by atoms with Crippen LogP contribution in [0.5, 0.6) is 0 Å². The lowest BCUT2D eigenvalue weighted by Gasteiger charge is -2.26. The summed E-state index contributed by atoms with van der Waals surface area (Å²) in [6, 6.07) is 17.2. The minimum absolute atomic E-state index is 0.109. The minimum Gasteiger partial charge on any atom is -0.449 e. The molecule has 4 rings (SSSR count). The van der Waals surface area contributed by atoms with E-state index in [1.54, 1.807) is 0 Å². The van der Waals surface area contributed by atoms with Crippen LogP contribution in [0.4, 0.5) is 4.79 Å². The highest BCUT2D eigenvalue weighted by Crippen LogP contribution is 2.44. The van der Waals surface area contributed by atoms with Crippen molar-refractivity contribution in [2.45, 2.75) is 43.7 Å². The van der Waals surface area contributed by atoms with Crippen LogP contribution in [-0.4, -0.2) is 24.8 Å². The number of benzene rings is 2. The summed E-state index contributed by atoms with van der Waals surface area (Å²) in [5.74, 6) is 0.109. The van der Waals surface area contributed by atoms with Crippen LogP contribution in [0.15, 0.2) is 48.5 Å². The second kappa shape index (κ2) is 6.89. The van der Waals surface area contributed by atoms with Gasteiger partial charge in [0.15, 0.2) is 0 Å². The first-order valence-corrected chi connectivity index (χ1v) is 9.09. The zero-order valence-corrected chi connectivity index (χ0v) is 14.3. The van der Waals surface area contributed by atoms with Crippen molar-refractivity contribution in [2.24, 2.45) is 5.73 Å². The molecule has 0 atom stereocenters. The first-order valence-electron chi connectivity index (χ1n) is 9.09. The molecule has 3 N–H and O–H groups in total. The first-order chi connectivity index (χ1) is 12.2. The molecule has 2 aliphatic carbocycles. The molecule has 1 saturated carbocycles. The maximum atomic E-state index is 12.2. The van der Waals surface area contributed by atoms with Gasteiger partial charge < -0.3 is 15.8 Å². The van der Waals surface area contributed by atoms with Gasteiger partial charge in [-0.3, -0.25) is 0 Å². The summed E-state index contributed by atoms with van der Waals surface area (Å²) in [7, 11) is 0. The van der Waals surface area contributed by atoms with Crippen LogP contribution >= 0.6 is 0 Å². The standard InChI is InChI=1S/C21H24N2O2/c22-14-9-11-15(12-10-14)23-21(24)25-13-20-18-7-3-1-5-16(18)17-6-2-4-8-19(17)20/h1-8,14-15,20H,9-13,22H2,(H,23,24)/t14-,15-. The summed E-state index contributed by atoms with van der Waals surface area (Å²) < 4.78 is 5.59. The molecule has 0 saturated heterocycles. The Morgan fingerprint density at radius 3 is 2.12 bits per heavy atom. The Morgan fingerprint density at radius 1 is 0.960 bits per heavy atom. The molecule has 4 heteroatoms. The predicted molar refractivity (Wildman–Crippen MR) is 98.4 cm³/mol. The predicted octanol–water partition coefficient (Wildman–Crippen LogP) is 3.80. The van der Waals surface area contributed by atoms with E-state index < -0.39 is 0 Å². The van der Waals surface area contributed by atoms with E-state index in [0.717, 1.165) is 25.7 Å². The summed E-state index contributed by atoms with van der Waals surface area (Å²) >= 11 is 0. The molecule has 0 aliphatic heterocycles. The number of carbonyl (C=O) groups is 1. The smallest absolute Gasteiger partial charge is 0.407 e. The van der Waals surface area contributed by atoms with E-state index in [2.05, 4.69) is 41.7 Å². The summed E-state index contributed by atoms with van der Waals surface area (Å²) in [5, 5.41) is 2.99. The number of fused-ring (bicyclic) bond motifs is 3. The number of nitrogens with one attached hydrogen (secondary N) is 1. The second-order valence-corrected chi connectivity index (χ2v) is 7.08. The van der Waals surface area contributed by atoms with Crippen molar-refractivity contribution in [3.05, 3.63) is 59.7 Å². The van der Waals surface area contributed by atoms with Gasteiger partial charge in [0.05, 0.1) is 0 Å². The van der Waals surface area contributed by atoms with Gasteiger partial charge >= 0.3 is 6.09 Å². The van der Waals surface area contributed by atoms with Crippen LogP contribution in [-0.2, 0) is 4.74 Å². The SMILES string of the molecule is N[C@H]1CC[C@H](NC(=O)OCC2c3ccccc3-c3ccccc32)CC1. The molecule has 0 heterocycles. The second-order valence-electron chi connectivity index (χ2n) is 7.08. The summed E-state index contributed by atoms with van der Waals surface area (Å²) in [5.41, 5.74) is 10.9. The van der Waals surface area contributed by atoms with E-state index in [4.69, 9.17) is 10.5 Å². The van der Waals surface area contributed by atoms with Crippen LogP contribution in [0, 0.1) is 0 Å². The Labute approximate surface area is 148 Å². The maximum absolute atomic E-state index is 12.2. The van der Waals surface area contributed by atoms with Crippen molar-refractivity contribution in [2.75, 3.05) is 6.61 Å². The lowest BCUT2D eigenvalue weighted by Crippen LogP contribution is -2.41. The molecule has 0 spiro atoms. The highest BCUT2D eigenvalue weighted by molar-refractivity contribution is 5.79. The Balaban J connectivity index is 1.42. The molecule has 0 aromatic heterocycles. The molecular weight excluding hydrogens is 312 g/mol. The Morgan fingerprint density at radius 2 is 1.52 bits per heavy atom. The third-order valence-corrected chi connectivity index (χ3v) is 5.44. The molecule has 0 radical (unpaired) electrons.